The lowest BCUT2D eigenvalue weighted by Gasteiger charge is -2.14. The molecule has 0 bridgehead atoms. The molecule has 3 rings (SSSR count). The first kappa shape index (κ1) is 20.7. The zero-order valence-electron chi connectivity index (χ0n) is 17.3. The number of halogens is 1. The number of aryl methyl sites for hydroxylation is 1. The van der Waals surface area contributed by atoms with Crippen molar-refractivity contribution in [2.24, 2.45) is 0 Å². The van der Waals surface area contributed by atoms with Crippen LogP contribution in [0.15, 0.2) is 36.5 Å². The van der Waals surface area contributed by atoms with E-state index >= 15 is 0 Å². The van der Waals surface area contributed by atoms with Gasteiger partial charge in [0.15, 0.2) is 0 Å². The second-order valence-electron chi connectivity index (χ2n) is 8.05. The molecule has 5 nitrogen and oxygen atoms in total. The molecule has 29 heavy (non-hydrogen) atoms. The number of alkyl halides is 1. The van der Waals surface area contributed by atoms with Crippen molar-refractivity contribution in [1.82, 2.24) is 15.2 Å². The fourth-order valence-electron chi connectivity index (χ4n) is 3.35. The van der Waals surface area contributed by atoms with Crippen LogP contribution in [0.5, 0.6) is 0 Å². The summed E-state index contributed by atoms with van der Waals surface area (Å²) in [6, 6.07) is 9.64. The van der Waals surface area contributed by atoms with Crippen LogP contribution in [0.3, 0.4) is 0 Å². The second-order valence-corrected chi connectivity index (χ2v) is 8.05. The van der Waals surface area contributed by atoms with Crippen LogP contribution in [0.2, 0.25) is 0 Å². The predicted molar refractivity (Wildman–Crippen MR) is 115 cm³/mol. The molecule has 0 aliphatic carbocycles. The lowest BCUT2D eigenvalue weighted by molar-refractivity contribution is 0.0816. The van der Waals surface area contributed by atoms with E-state index in [1.807, 2.05) is 37.3 Å². The van der Waals surface area contributed by atoms with Crippen LogP contribution in [-0.2, 0) is 6.54 Å². The first-order chi connectivity index (χ1) is 13.7. The number of amides is 1. The summed E-state index contributed by atoms with van der Waals surface area (Å²) in [5.74, 6) is 0.00868. The van der Waals surface area contributed by atoms with Gasteiger partial charge < -0.3 is 15.6 Å². The smallest absolute Gasteiger partial charge is 0.254 e. The van der Waals surface area contributed by atoms with E-state index in [2.05, 4.69) is 5.32 Å². The first-order valence-electron chi connectivity index (χ1n) is 9.69. The Morgan fingerprint density at radius 2 is 2.10 bits per heavy atom. The first-order valence-corrected chi connectivity index (χ1v) is 9.69. The Kier molecular flexibility index (Phi) is 5.82. The molecule has 1 amide bonds. The van der Waals surface area contributed by atoms with Crippen LogP contribution < -0.4 is 5.32 Å². The quantitative estimate of drug-likeness (QED) is 0.541. The summed E-state index contributed by atoms with van der Waals surface area (Å²) >= 11 is 0. The molecule has 0 unspecified atom stereocenters. The molecule has 0 spiro atoms. The number of carbonyl (C=O) groups is 1. The van der Waals surface area contributed by atoms with Gasteiger partial charge in [-0.15, -0.1) is 0 Å². The summed E-state index contributed by atoms with van der Waals surface area (Å²) in [4.78, 5) is 18.8. The van der Waals surface area contributed by atoms with E-state index in [0.717, 1.165) is 28.1 Å². The number of hydrogen-bond donors (Lipinski definition) is 2. The Labute approximate surface area is 171 Å². The Bertz CT molecular complexity index is 975. The van der Waals surface area contributed by atoms with Crippen molar-refractivity contribution in [3.8, 4) is 11.3 Å². The molecule has 0 saturated heterocycles. The molecular weight excluding hydrogens is 367 g/mol. The molecule has 1 aliphatic rings. The molecule has 0 radical (unpaired) electrons. The van der Waals surface area contributed by atoms with Gasteiger partial charge in [0.1, 0.15) is 5.67 Å². The van der Waals surface area contributed by atoms with Gasteiger partial charge in [-0.05, 0) is 44.9 Å². The normalized spacial score (nSPS) is 14.2. The summed E-state index contributed by atoms with van der Waals surface area (Å²) in [5, 5.41) is 11.0. The number of aromatic nitrogens is 1. The maximum atomic E-state index is 13.7. The third-order valence-corrected chi connectivity index (χ3v) is 4.99. The molecule has 2 heterocycles. The molecule has 1 aromatic heterocycles. The molecule has 2 N–H and O–H groups in total. The Balaban J connectivity index is 1.96. The molecule has 0 fully saturated rings. The van der Waals surface area contributed by atoms with Crippen molar-refractivity contribution >= 4 is 17.7 Å². The fourth-order valence-corrected chi connectivity index (χ4v) is 3.35. The van der Waals surface area contributed by atoms with Crippen LogP contribution in [0.4, 0.5) is 4.39 Å². The average molecular weight is 394 g/mol. The van der Waals surface area contributed by atoms with Gasteiger partial charge in [-0.2, -0.15) is 0 Å². The van der Waals surface area contributed by atoms with E-state index in [4.69, 9.17) is 10.4 Å². The minimum absolute atomic E-state index is 0.00868. The number of benzene rings is 1. The van der Waals surface area contributed by atoms with Crippen LogP contribution >= 0.6 is 0 Å². The van der Waals surface area contributed by atoms with E-state index in [0.29, 0.717) is 30.6 Å². The molecule has 1 aromatic carbocycles. The number of allylic oxidation sites excluding steroid dienone is 1. The Hall–Kier alpha value is -3.02. The molecule has 2 aromatic rings. The number of fused-ring (bicyclic) bond motifs is 1. The van der Waals surface area contributed by atoms with E-state index in [1.165, 1.54) is 6.21 Å². The average Bonchev–Trinajstić information content (AvgIpc) is 2.95. The summed E-state index contributed by atoms with van der Waals surface area (Å²) in [6.45, 7) is 6.09. The molecule has 1 aliphatic heterocycles. The van der Waals surface area contributed by atoms with Gasteiger partial charge >= 0.3 is 0 Å². The molecule has 152 valence electrons. The Morgan fingerprint density at radius 1 is 1.34 bits per heavy atom. The number of nitrogens with one attached hydrogen (secondary N) is 2. The summed E-state index contributed by atoms with van der Waals surface area (Å²) < 4.78 is 13.7. The van der Waals surface area contributed by atoms with Crippen molar-refractivity contribution in [2.45, 2.75) is 39.4 Å². The van der Waals surface area contributed by atoms with Gasteiger partial charge in [0.2, 0.25) is 0 Å². The monoisotopic (exact) mass is 394 g/mol. The lowest BCUT2D eigenvalue weighted by Crippen LogP contribution is -2.20. The third kappa shape index (κ3) is 4.70. The minimum atomic E-state index is -1.24. The minimum Gasteiger partial charge on any atom is -0.390 e. The number of rotatable bonds is 7. The topological polar surface area (TPSA) is 69.1 Å². The summed E-state index contributed by atoms with van der Waals surface area (Å²) in [5.41, 5.74) is 4.30. The third-order valence-electron chi connectivity index (χ3n) is 4.99. The van der Waals surface area contributed by atoms with Crippen LogP contribution in [0, 0.1) is 12.3 Å². The maximum Gasteiger partial charge on any atom is 0.254 e. The standard InChI is InChI=1S/C23H27FN4O/c1-15-5-8-19(18(12-25)13-26-10-9-23(2,3)24)21(27-15)16-6-7-17-14-28(4)22(29)20(17)11-16/h5-8,11-13,25-26H,9-10,14H2,1-4H3/b18-13+,25-12?. The second kappa shape index (κ2) is 8.15. The van der Waals surface area contributed by atoms with Crippen LogP contribution in [-0.4, -0.2) is 41.3 Å². The van der Waals surface area contributed by atoms with E-state index in [1.54, 1.807) is 32.0 Å². The van der Waals surface area contributed by atoms with Crippen molar-refractivity contribution in [1.29, 1.82) is 5.41 Å². The number of nitrogens with zero attached hydrogens (tertiary/aromatic N) is 2. The largest absolute Gasteiger partial charge is 0.390 e. The van der Waals surface area contributed by atoms with Gasteiger partial charge in [0.05, 0.1) is 5.69 Å². The SMILES string of the molecule is Cc1ccc(/C(C=N)=C/NCCC(C)(C)F)c(-c2ccc3c(c2)C(=O)N(C)C3)n1. The molecule has 0 saturated carbocycles. The highest BCUT2D eigenvalue weighted by Crippen LogP contribution is 2.31. The van der Waals surface area contributed by atoms with Crippen LogP contribution in [0.1, 0.15) is 47.4 Å². The highest BCUT2D eigenvalue weighted by Gasteiger charge is 2.25. The van der Waals surface area contributed by atoms with E-state index in [-0.39, 0.29) is 5.91 Å². The van der Waals surface area contributed by atoms with Crippen LogP contribution in [0.25, 0.3) is 16.8 Å². The van der Waals surface area contributed by atoms with Crippen molar-refractivity contribution in [3.63, 3.8) is 0 Å². The fraction of sp³-hybridized carbons (Fsp3) is 0.348. The number of hydrogen-bond acceptors (Lipinski definition) is 4. The zero-order chi connectivity index (χ0) is 21.2. The van der Waals surface area contributed by atoms with Gasteiger partial charge in [-0.25, -0.2) is 4.39 Å². The van der Waals surface area contributed by atoms with Gasteiger partial charge in [-0.1, -0.05) is 18.2 Å². The summed E-state index contributed by atoms with van der Waals surface area (Å²) in [6.07, 6.45) is 3.35. The van der Waals surface area contributed by atoms with Gasteiger partial charge in [0, 0.05) is 60.5 Å². The van der Waals surface area contributed by atoms with E-state index in [9.17, 15) is 9.18 Å². The molecular formula is C23H27FN4O. The van der Waals surface area contributed by atoms with Crippen molar-refractivity contribution in [2.75, 3.05) is 13.6 Å². The highest BCUT2D eigenvalue weighted by molar-refractivity contribution is 6.10. The van der Waals surface area contributed by atoms with Crippen molar-refractivity contribution in [3.05, 3.63) is 58.9 Å². The predicted octanol–water partition coefficient (Wildman–Crippen LogP) is 4.36. The highest BCUT2D eigenvalue weighted by atomic mass is 19.1. The van der Waals surface area contributed by atoms with E-state index < -0.39 is 5.67 Å². The molecule has 0 atom stereocenters. The summed E-state index contributed by atoms with van der Waals surface area (Å²) in [7, 11) is 1.79. The Morgan fingerprint density at radius 3 is 2.79 bits per heavy atom. The number of pyridine rings is 1. The van der Waals surface area contributed by atoms with Crippen molar-refractivity contribution < 1.29 is 9.18 Å². The van der Waals surface area contributed by atoms with Gasteiger partial charge in [-0.3, -0.25) is 9.78 Å². The number of carbonyl (C=O) groups excluding carboxylic acids is 1. The zero-order valence-corrected chi connectivity index (χ0v) is 17.3. The van der Waals surface area contributed by atoms with Gasteiger partial charge in [0.25, 0.3) is 5.91 Å². The lowest BCUT2D eigenvalue weighted by atomic mass is 9.97. The maximum absolute atomic E-state index is 13.7. The molecule has 6 heteroatoms.